The van der Waals surface area contributed by atoms with Crippen molar-refractivity contribution in [1.82, 2.24) is 10.2 Å². The van der Waals surface area contributed by atoms with E-state index in [2.05, 4.69) is 5.32 Å². The predicted octanol–water partition coefficient (Wildman–Crippen LogP) is 4.76. The zero-order valence-corrected chi connectivity index (χ0v) is 22.5. The third-order valence-corrected chi connectivity index (χ3v) is 8.12. The minimum Gasteiger partial charge on any atom is -0.352 e. The Labute approximate surface area is 221 Å². The van der Waals surface area contributed by atoms with E-state index in [1.54, 1.807) is 25.1 Å². The Hall–Kier alpha value is -2.36. The molecule has 0 spiro atoms. The third-order valence-electron chi connectivity index (χ3n) is 6.26. The highest BCUT2D eigenvalue weighted by Crippen LogP contribution is 2.25. The molecule has 2 aromatic carbocycles. The summed E-state index contributed by atoms with van der Waals surface area (Å²) >= 11 is 12.2. The number of halogens is 3. The van der Waals surface area contributed by atoms with Crippen LogP contribution in [0.25, 0.3) is 0 Å². The minimum absolute atomic E-state index is 0.0240. The number of sulfonamides is 1. The zero-order chi connectivity index (χ0) is 26.5. The number of benzene rings is 2. The van der Waals surface area contributed by atoms with Gasteiger partial charge in [-0.1, -0.05) is 60.7 Å². The van der Waals surface area contributed by atoms with Gasteiger partial charge in [0.25, 0.3) is 0 Å². The van der Waals surface area contributed by atoms with E-state index in [-0.39, 0.29) is 29.2 Å². The van der Waals surface area contributed by atoms with Crippen LogP contribution in [0.5, 0.6) is 0 Å². The molecule has 0 unspecified atom stereocenters. The lowest BCUT2D eigenvalue weighted by Gasteiger charge is -2.33. The van der Waals surface area contributed by atoms with Gasteiger partial charge in [0, 0.05) is 12.6 Å². The largest absolute Gasteiger partial charge is 0.352 e. The van der Waals surface area contributed by atoms with Crippen LogP contribution < -0.4 is 9.62 Å². The number of nitrogens with zero attached hydrogens (tertiary/aromatic N) is 2. The van der Waals surface area contributed by atoms with Gasteiger partial charge in [0.2, 0.25) is 21.8 Å². The summed E-state index contributed by atoms with van der Waals surface area (Å²) in [4.78, 5) is 27.9. The number of amides is 2. The maximum atomic E-state index is 14.5. The van der Waals surface area contributed by atoms with Gasteiger partial charge < -0.3 is 10.2 Å². The molecule has 2 aromatic rings. The molecule has 0 aromatic heterocycles. The van der Waals surface area contributed by atoms with Crippen molar-refractivity contribution in [3.63, 3.8) is 0 Å². The average molecular weight is 559 g/mol. The molecule has 1 aliphatic carbocycles. The molecule has 1 N–H and O–H groups in total. The summed E-state index contributed by atoms with van der Waals surface area (Å²) in [6.07, 6.45) is 5.81. The van der Waals surface area contributed by atoms with Crippen molar-refractivity contribution < 1.29 is 22.4 Å². The number of rotatable bonds is 9. The summed E-state index contributed by atoms with van der Waals surface area (Å²) in [6.45, 7) is 0.882. The van der Waals surface area contributed by atoms with Gasteiger partial charge in [-0.3, -0.25) is 13.9 Å². The van der Waals surface area contributed by atoms with E-state index in [0.717, 1.165) is 44.4 Å². The monoisotopic (exact) mass is 557 g/mol. The first-order valence-corrected chi connectivity index (χ1v) is 14.3. The Morgan fingerprint density at radius 2 is 1.75 bits per heavy atom. The van der Waals surface area contributed by atoms with Crippen LogP contribution in [0.3, 0.4) is 0 Å². The van der Waals surface area contributed by atoms with E-state index in [9.17, 15) is 22.4 Å². The summed E-state index contributed by atoms with van der Waals surface area (Å²) in [5, 5.41) is 3.63. The van der Waals surface area contributed by atoms with Gasteiger partial charge in [0.15, 0.2) is 0 Å². The molecule has 0 bridgehead atoms. The molecule has 36 heavy (non-hydrogen) atoms. The van der Waals surface area contributed by atoms with Crippen LogP contribution in [0.1, 0.15) is 44.6 Å². The second kappa shape index (κ2) is 12.3. The second-order valence-electron chi connectivity index (χ2n) is 9.01. The number of hydrogen-bond donors (Lipinski definition) is 1. The van der Waals surface area contributed by atoms with Crippen molar-refractivity contribution in [2.24, 2.45) is 0 Å². The Balaban J connectivity index is 1.90. The van der Waals surface area contributed by atoms with E-state index in [4.69, 9.17) is 23.2 Å². The first-order chi connectivity index (χ1) is 17.0. The fourth-order valence-corrected chi connectivity index (χ4v) is 5.41. The summed E-state index contributed by atoms with van der Waals surface area (Å²) in [7, 11) is -4.02. The molecule has 0 saturated heterocycles. The van der Waals surface area contributed by atoms with Crippen molar-refractivity contribution in [2.75, 3.05) is 17.1 Å². The topological polar surface area (TPSA) is 86.8 Å². The van der Waals surface area contributed by atoms with Crippen LogP contribution in [-0.4, -0.2) is 50.0 Å². The van der Waals surface area contributed by atoms with E-state index in [1.165, 1.54) is 23.1 Å². The number of para-hydroxylation sites is 1. The summed E-state index contributed by atoms with van der Waals surface area (Å²) in [5.74, 6) is -1.79. The van der Waals surface area contributed by atoms with Gasteiger partial charge in [-0.25, -0.2) is 12.8 Å². The Kier molecular flexibility index (Phi) is 9.60. The van der Waals surface area contributed by atoms with Crippen LogP contribution >= 0.6 is 23.2 Å². The van der Waals surface area contributed by atoms with Gasteiger partial charge in [0.05, 0.1) is 22.0 Å². The number of carbonyl (C=O) groups excluding carboxylic acids is 2. The predicted molar refractivity (Wildman–Crippen MR) is 140 cm³/mol. The van der Waals surface area contributed by atoms with Crippen molar-refractivity contribution >= 4 is 50.7 Å². The molecular formula is C25H30Cl2FN3O4S. The normalized spacial score (nSPS) is 15.2. The van der Waals surface area contributed by atoms with Crippen molar-refractivity contribution in [1.29, 1.82) is 0 Å². The molecule has 1 aliphatic rings. The van der Waals surface area contributed by atoms with Gasteiger partial charge >= 0.3 is 0 Å². The highest BCUT2D eigenvalue weighted by Gasteiger charge is 2.32. The smallest absolute Gasteiger partial charge is 0.244 e. The first kappa shape index (κ1) is 28.2. The molecular weight excluding hydrogens is 528 g/mol. The number of hydrogen-bond acceptors (Lipinski definition) is 4. The zero-order valence-electron chi connectivity index (χ0n) is 20.2. The van der Waals surface area contributed by atoms with Gasteiger partial charge in [0.1, 0.15) is 18.4 Å². The van der Waals surface area contributed by atoms with Crippen molar-refractivity contribution in [3.8, 4) is 0 Å². The average Bonchev–Trinajstić information content (AvgIpc) is 2.83. The summed E-state index contributed by atoms with van der Waals surface area (Å²) < 4.78 is 40.2. The van der Waals surface area contributed by atoms with Crippen LogP contribution in [0.2, 0.25) is 10.0 Å². The Bertz CT molecular complexity index is 1210. The van der Waals surface area contributed by atoms with E-state index >= 15 is 0 Å². The van der Waals surface area contributed by atoms with Crippen molar-refractivity contribution in [3.05, 3.63) is 63.9 Å². The van der Waals surface area contributed by atoms with Crippen LogP contribution in [0.4, 0.5) is 10.1 Å². The SMILES string of the molecule is C[C@@H](C(=O)NC1CCCCC1)N(Cc1ccc(Cl)c(Cl)c1)C(=O)CN(c1ccccc1F)S(C)(=O)=O. The Morgan fingerprint density at radius 3 is 2.36 bits per heavy atom. The highest BCUT2D eigenvalue weighted by atomic mass is 35.5. The maximum absolute atomic E-state index is 14.5. The molecule has 0 heterocycles. The standard InChI is InChI=1S/C25H30Cl2FN3O4S/c1-17(25(33)29-19-8-4-3-5-9-19)30(15-18-12-13-20(26)21(27)14-18)24(32)16-31(36(2,34)35)23-11-7-6-10-22(23)28/h6-7,10-14,17,19H,3-5,8-9,15-16H2,1-2H3,(H,29,33)/t17-/m0/s1. The fourth-order valence-electron chi connectivity index (χ4n) is 4.23. The molecule has 3 rings (SSSR count). The molecule has 196 valence electrons. The molecule has 0 radical (unpaired) electrons. The van der Waals surface area contributed by atoms with Crippen molar-refractivity contribution in [2.45, 2.75) is 57.7 Å². The van der Waals surface area contributed by atoms with Crippen LogP contribution in [0.15, 0.2) is 42.5 Å². The number of nitrogens with one attached hydrogen (secondary N) is 1. The molecule has 1 saturated carbocycles. The lowest BCUT2D eigenvalue weighted by molar-refractivity contribution is -0.139. The Morgan fingerprint density at radius 1 is 1.08 bits per heavy atom. The quantitative estimate of drug-likeness (QED) is 0.481. The highest BCUT2D eigenvalue weighted by molar-refractivity contribution is 7.92. The van der Waals surface area contributed by atoms with E-state index in [1.807, 2.05) is 0 Å². The summed E-state index contributed by atoms with van der Waals surface area (Å²) in [6, 6.07) is 9.25. The molecule has 1 atom stereocenters. The molecule has 7 nitrogen and oxygen atoms in total. The molecule has 2 amide bonds. The first-order valence-electron chi connectivity index (χ1n) is 11.7. The summed E-state index contributed by atoms with van der Waals surface area (Å²) in [5.41, 5.74) is 0.356. The van der Waals surface area contributed by atoms with Crippen LogP contribution in [0, 0.1) is 5.82 Å². The minimum atomic E-state index is -4.02. The maximum Gasteiger partial charge on any atom is 0.244 e. The number of anilines is 1. The third kappa shape index (κ3) is 7.33. The lowest BCUT2D eigenvalue weighted by Crippen LogP contribution is -2.53. The fraction of sp³-hybridized carbons (Fsp3) is 0.440. The number of carbonyl (C=O) groups is 2. The lowest BCUT2D eigenvalue weighted by atomic mass is 9.95. The van der Waals surface area contributed by atoms with E-state index < -0.39 is 34.3 Å². The van der Waals surface area contributed by atoms with Gasteiger partial charge in [-0.15, -0.1) is 0 Å². The second-order valence-corrected chi connectivity index (χ2v) is 11.7. The van der Waals surface area contributed by atoms with Crippen LogP contribution in [-0.2, 0) is 26.2 Å². The molecule has 1 fully saturated rings. The van der Waals surface area contributed by atoms with E-state index in [0.29, 0.717) is 14.9 Å². The van der Waals surface area contributed by atoms with Gasteiger partial charge in [-0.05, 0) is 49.6 Å². The molecule has 0 aliphatic heterocycles. The molecule has 11 heteroatoms. The van der Waals surface area contributed by atoms with Gasteiger partial charge in [-0.2, -0.15) is 0 Å².